The molecule has 0 aliphatic heterocycles. The molecule has 0 aromatic heterocycles. The van der Waals surface area contributed by atoms with E-state index in [1.807, 2.05) is 0 Å². The van der Waals surface area contributed by atoms with Gasteiger partial charge in [-0.2, -0.15) is 0 Å². The Balaban J connectivity index is 2.36. The lowest BCUT2D eigenvalue weighted by Crippen LogP contribution is -2.30. The number of rotatable bonds is 19. The van der Waals surface area contributed by atoms with E-state index in [1.165, 1.54) is 12.1 Å². The van der Waals surface area contributed by atoms with Gasteiger partial charge in [-0.15, -0.1) is 13.2 Å². The summed E-state index contributed by atoms with van der Waals surface area (Å²) in [7, 11) is 0. The summed E-state index contributed by atoms with van der Waals surface area (Å²) in [4.78, 5) is 35.7. The summed E-state index contributed by atoms with van der Waals surface area (Å²) < 4.78 is 33.1. The van der Waals surface area contributed by atoms with E-state index in [1.54, 1.807) is 30.3 Å². The second-order valence-corrected chi connectivity index (χ2v) is 7.90. The van der Waals surface area contributed by atoms with Crippen LogP contribution in [0.25, 0.3) is 10.8 Å². The zero-order chi connectivity index (χ0) is 28.6. The summed E-state index contributed by atoms with van der Waals surface area (Å²) in [5.41, 5.74) is -0.188. The molecule has 0 heterocycles. The van der Waals surface area contributed by atoms with Gasteiger partial charge in [0.2, 0.25) is 0 Å². The van der Waals surface area contributed by atoms with E-state index in [9.17, 15) is 19.5 Å². The fourth-order valence-corrected chi connectivity index (χ4v) is 3.33. The molecule has 0 bridgehead atoms. The quantitative estimate of drug-likeness (QED) is 0.121. The van der Waals surface area contributed by atoms with Gasteiger partial charge in [-0.1, -0.05) is 49.6 Å². The SMILES string of the molecule is C=CCOCC(COc1cc(C(=O)O)c(OCC(COCC=C)OC(=O)C=C)c2ccccc12)OC(=O)C=C. The van der Waals surface area contributed by atoms with Crippen molar-refractivity contribution in [1.29, 1.82) is 0 Å². The molecule has 2 atom stereocenters. The van der Waals surface area contributed by atoms with E-state index in [0.29, 0.717) is 10.8 Å². The van der Waals surface area contributed by atoms with Crippen molar-refractivity contribution < 1.29 is 47.9 Å². The van der Waals surface area contributed by atoms with Gasteiger partial charge in [0.25, 0.3) is 0 Å². The van der Waals surface area contributed by atoms with Gasteiger partial charge in [0, 0.05) is 22.9 Å². The minimum Gasteiger partial charge on any atom is -0.489 e. The second kappa shape index (κ2) is 16.4. The minimum absolute atomic E-state index is 0.00806. The Morgan fingerprint density at radius 2 is 1.28 bits per heavy atom. The highest BCUT2D eigenvalue weighted by molar-refractivity contribution is 6.03. The molecular formula is C29H32O10. The lowest BCUT2D eigenvalue weighted by Gasteiger charge is -2.21. The van der Waals surface area contributed by atoms with Crippen LogP contribution in [-0.2, 0) is 28.5 Å². The number of fused-ring (bicyclic) bond motifs is 1. The van der Waals surface area contributed by atoms with Crippen molar-refractivity contribution in [3.63, 3.8) is 0 Å². The van der Waals surface area contributed by atoms with Gasteiger partial charge in [-0.05, 0) is 6.07 Å². The van der Waals surface area contributed by atoms with E-state index in [4.69, 9.17) is 28.4 Å². The summed E-state index contributed by atoms with van der Waals surface area (Å²) in [6.45, 7) is 14.1. The first kappa shape index (κ1) is 30.8. The van der Waals surface area contributed by atoms with Crippen LogP contribution in [0.1, 0.15) is 10.4 Å². The van der Waals surface area contributed by atoms with Crippen LogP contribution in [0.2, 0.25) is 0 Å². The molecule has 1 N–H and O–H groups in total. The van der Waals surface area contributed by atoms with Gasteiger partial charge in [0.05, 0.1) is 26.4 Å². The molecule has 2 aromatic rings. The highest BCUT2D eigenvalue weighted by atomic mass is 16.6. The number of aromatic carboxylic acids is 1. The Morgan fingerprint density at radius 1 is 0.769 bits per heavy atom. The third-order valence-electron chi connectivity index (χ3n) is 5.00. The average molecular weight is 541 g/mol. The van der Waals surface area contributed by atoms with Gasteiger partial charge in [-0.3, -0.25) is 0 Å². The highest BCUT2D eigenvalue weighted by Gasteiger charge is 2.23. The monoisotopic (exact) mass is 540 g/mol. The molecule has 0 saturated heterocycles. The Bertz CT molecular complexity index is 1190. The van der Waals surface area contributed by atoms with E-state index >= 15 is 0 Å². The summed E-state index contributed by atoms with van der Waals surface area (Å²) >= 11 is 0. The topological polar surface area (TPSA) is 127 Å². The predicted octanol–water partition coefficient (Wildman–Crippen LogP) is 3.90. The molecule has 0 radical (unpaired) electrons. The van der Waals surface area contributed by atoms with E-state index in [0.717, 1.165) is 12.2 Å². The van der Waals surface area contributed by atoms with Crippen LogP contribution in [0.3, 0.4) is 0 Å². The molecule has 0 amide bonds. The molecule has 10 nitrogen and oxygen atoms in total. The average Bonchev–Trinajstić information content (AvgIpc) is 2.94. The maximum atomic E-state index is 12.2. The standard InChI is InChI=1S/C29H32O10/c1-5-13-34-16-20(38-26(30)7-3)18-36-25-15-24(29(32)33)28(23-12-10-9-11-22(23)25)37-19-21(17-35-14-6-2)39-27(31)8-4/h5-12,15,20-21H,1-4,13-14,16-19H2,(H,32,33). The largest absolute Gasteiger partial charge is 0.489 e. The van der Waals surface area contributed by atoms with Gasteiger partial charge in [-0.25, -0.2) is 14.4 Å². The molecule has 0 fully saturated rings. The van der Waals surface area contributed by atoms with Crippen molar-refractivity contribution in [2.24, 2.45) is 0 Å². The smallest absolute Gasteiger partial charge is 0.339 e. The zero-order valence-corrected chi connectivity index (χ0v) is 21.5. The Kier molecular flexibility index (Phi) is 13.0. The van der Waals surface area contributed by atoms with Crippen molar-refractivity contribution in [2.45, 2.75) is 12.2 Å². The van der Waals surface area contributed by atoms with Crippen molar-refractivity contribution in [1.82, 2.24) is 0 Å². The number of hydrogen-bond donors (Lipinski definition) is 1. The lowest BCUT2D eigenvalue weighted by molar-refractivity contribution is -0.148. The number of esters is 2. The summed E-state index contributed by atoms with van der Waals surface area (Å²) in [5.74, 6) is -2.33. The van der Waals surface area contributed by atoms with Gasteiger partial charge in [0.15, 0.2) is 12.2 Å². The summed E-state index contributed by atoms with van der Waals surface area (Å²) in [5, 5.41) is 10.9. The van der Waals surface area contributed by atoms with Crippen molar-refractivity contribution in [3.8, 4) is 11.5 Å². The van der Waals surface area contributed by atoms with Crippen molar-refractivity contribution >= 4 is 28.7 Å². The number of ether oxygens (including phenoxy) is 6. The highest BCUT2D eigenvalue weighted by Crippen LogP contribution is 2.37. The van der Waals surface area contributed by atoms with E-state index in [-0.39, 0.29) is 56.7 Å². The fraction of sp³-hybridized carbons (Fsp3) is 0.276. The number of carboxylic acid groups (broad SMARTS) is 1. The molecule has 0 spiro atoms. The van der Waals surface area contributed by atoms with Crippen LogP contribution in [0.5, 0.6) is 11.5 Å². The predicted molar refractivity (Wildman–Crippen MR) is 144 cm³/mol. The number of benzene rings is 2. The molecular weight excluding hydrogens is 508 g/mol. The molecule has 2 unspecified atom stereocenters. The fourth-order valence-electron chi connectivity index (χ4n) is 3.33. The van der Waals surface area contributed by atoms with E-state index in [2.05, 4.69) is 26.3 Å². The molecule has 39 heavy (non-hydrogen) atoms. The molecule has 2 rings (SSSR count). The second-order valence-electron chi connectivity index (χ2n) is 7.90. The summed E-state index contributed by atoms with van der Waals surface area (Å²) in [6, 6.07) is 8.18. The summed E-state index contributed by atoms with van der Waals surface area (Å²) in [6.07, 6.45) is 3.47. The number of hydrogen-bond acceptors (Lipinski definition) is 9. The third kappa shape index (κ3) is 9.76. The van der Waals surface area contributed by atoms with Crippen LogP contribution in [0, 0.1) is 0 Å². The first-order chi connectivity index (χ1) is 18.8. The first-order valence-electron chi connectivity index (χ1n) is 11.9. The molecule has 2 aromatic carbocycles. The number of carbonyl (C=O) groups is 3. The van der Waals surface area contributed by atoms with E-state index < -0.39 is 30.1 Å². The van der Waals surface area contributed by atoms with Crippen LogP contribution in [0.4, 0.5) is 0 Å². The molecule has 208 valence electrons. The van der Waals surface area contributed by atoms with Gasteiger partial charge >= 0.3 is 17.9 Å². The normalized spacial score (nSPS) is 12.0. The number of carbonyl (C=O) groups excluding carboxylic acids is 2. The molecule has 0 aliphatic carbocycles. The van der Waals surface area contributed by atoms with Crippen LogP contribution in [-0.4, -0.2) is 74.9 Å². The zero-order valence-electron chi connectivity index (χ0n) is 21.5. The Hall–Kier alpha value is -4.41. The maximum Gasteiger partial charge on any atom is 0.339 e. The number of carboxylic acids is 1. The molecule has 10 heteroatoms. The van der Waals surface area contributed by atoms with Crippen molar-refractivity contribution in [2.75, 3.05) is 39.6 Å². The van der Waals surface area contributed by atoms with Crippen LogP contribution < -0.4 is 9.47 Å². The van der Waals surface area contributed by atoms with Gasteiger partial charge < -0.3 is 33.5 Å². The lowest BCUT2D eigenvalue weighted by atomic mass is 10.0. The molecule has 0 saturated carbocycles. The third-order valence-corrected chi connectivity index (χ3v) is 5.00. The van der Waals surface area contributed by atoms with Crippen molar-refractivity contribution in [3.05, 3.63) is 86.5 Å². The molecule has 0 aliphatic rings. The minimum atomic E-state index is -1.27. The van der Waals surface area contributed by atoms with Crippen LogP contribution >= 0.6 is 0 Å². The van der Waals surface area contributed by atoms with Crippen LogP contribution in [0.15, 0.2) is 81.0 Å². The Morgan fingerprint density at radius 3 is 1.77 bits per heavy atom. The van der Waals surface area contributed by atoms with Gasteiger partial charge in [0.1, 0.15) is 30.3 Å². The Labute approximate surface area is 226 Å². The maximum absolute atomic E-state index is 12.2. The first-order valence-corrected chi connectivity index (χ1v) is 11.9.